The lowest BCUT2D eigenvalue weighted by atomic mass is 9.89. The maximum Gasteiger partial charge on any atom is 0.407 e. The third kappa shape index (κ3) is 3.87. The van der Waals surface area contributed by atoms with E-state index < -0.39 is 6.09 Å². The zero-order valence-corrected chi connectivity index (χ0v) is 13.1. The lowest BCUT2D eigenvalue weighted by molar-refractivity contribution is 0.132. The normalized spacial score (nSPS) is 15.4. The number of benzene rings is 1. The molecular weight excluding hydrogens is 318 g/mol. The van der Waals surface area contributed by atoms with Gasteiger partial charge in [0.25, 0.3) is 0 Å². The molecule has 0 unspecified atom stereocenters. The van der Waals surface area contributed by atoms with Crippen LogP contribution in [-0.4, -0.2) is 44.1 Å². The van der Waals surface area contributed by atoms with Crippen molar-refractivity contribution in [3.8, 4) is 0 Å². The van der Waals surface area contributed by atoms with Crippen molar-refractivity contribution in [3.63, 3.8) is 0 Å². The highest BCUT2D eigenvalue weighted by Gasteiger charge is 2.23. The summed E-state index contributed by atoms with van der Waals surface area (Å²) in [6.07, 6.45) is 2.21. The van der Waals surface area contributed by atoms with Crippen LogP contribution in [0.2, 0.25) is 5.28 Å². The van der Waals surface area contributed by atoms with E-state index in [0.717, 1.165) is 18.5 Å². The van der Waals surface area contributed by atoms with Crippen molar-refractivity contribution >= 4 is 29.3 Å². The van der Waals surface area contributed by atoms with Crippen molar-refractivity contribution in [2.24, 2.45) is 0 Å². The summed E-state index contributed by atoms with van der Waals surface area (Å²) in [5.74, 6) is 0.791. The van der Waals surface area contributed by atoms with Crippen LogP contribution in [0.3, 0.4) is 0 Å². The van der Waals surface area contributed by atoms with Crippen LogP contribution in [0, 0.1) is 0 Å². The molecule has 1 amide bonds. The van der Waals surface area contributed by atoms with Gasteiger partial charge in [-0.2, -0.15) is 4.98 Å². The summed E-state index contributed by atoms with van der Waals surface area (Å²) in [5, 5.41) is 12.2. The molecule has 1 aliphatic rings. The van der Waals surface area contributed by atoms with Crippen LogP contribution in [-0.2, 0) is 0 Å². The van der Waals surface area contributed by atoms with Gasteiger partial charge in [-0.05, 0) is 48.1 Å². The molecule has 23 heavy (non-hydrogen) atoms. The molecule has 1 aromatic heterocycles. The molecule has 1 aromatic carbocycles. The summed E-state index contributed by atoms with van der Waals surface area (Å²) >= 11 is 5.72. The fourth-order valence-corrected chi connectivity index (χ4v) is 2.83. The van der Waals surface area contributed by atoms with E-state index in [0.29, 0.717) is 25.0 Å². The number of carbonyl (C=O) groups is 1. The number of piperidine rings is 1. The molecule has 0 spiro atoms. The van der Waals surface area contributed by atoms with E-state index in [1.165, 1.54) is 16.8 Å². The van der Waals surface area contributed by atoms with Crippen LogP contribution in [0.5, 0.6) is 0 Å². The van der Waals surface area contributed by atoms with Crippen LogP contribution >= 0.6 is 11.6 Å². The number of nitrogens with zero attached hydrogens (tertiary/aromatic N) is 4. The highest BCUT2D eigenvalue weighted by Crippen LogP contribution is 2.29. The average Bonchev–Trinajstić information content (AvgIpc) is 2.56. The van der Waals surface area contributed by atoms with Gasteiger partial charge in [-0.3, -0.25) is 0 Å². The Morgan fingerprint density at radius 2 is 1.91 bits per heavy atom. The van der Waals surface area contributed by atoms with Crippen molar-refractivity contribution in [2.75, 3.05) is 18.4 Å². The first kappa shape index (κ1) is 15.5. The third-order valence-corrected chi connectivity index (χ3v) is 4.13. The summed E-state index contributed by atoms with van der Waals surface area (Å²) in [5.41, 5.74) is 2.08. The number of carboxylic acid groups (broad SMARTS) is 1. The predicted molar refractivity (Wildman–Crippen MR) is 86.1 cm³/mol. The standard InChI is InChI=1S/C15H16ClN5O2/c16-13-17-9-18-14(20-13)19-12-3-1-10(2-4-12)11-5-7-21(8-6-11)15(22)23/h1-4,9,11H,5-8H2,(H,22,23)(H,17,18,19,20). The molecule has 1 fully saturated rings. The average molecular weight is 334 g/mol. The van der Waals surface area contributed by atoms with Gasteiger partial charge in [0, 0.05) is 18.8 Å². The number of likely N-dealkylation sites (tertiary alicyclic amines) is 1. The van der Waals surface area contributed by atoms with Crippen molar-refractivity contribution < 1.29 is 9.90 Å². The molecular formula is C15H16ClN5O2. The molecule has 1 aliphatic heterocycles. The SMILES string of the molecule is O=C(O)N1CCC(c2ccc(Nc3ncnc(Cl)n3)cc2)CC1. The Labute approximate surface area is 138 Å². The first-order chi connectivity index (χ1) is 11.1. The van der Waals surface area contributed by atoms with Crippen molar-refractivity contribution in [1.82, 2.24) is 19.9 Å². The Morgan fingerprint density at radius 3 is 2.52 bits per heavy atom. The highest BCUT2D eigenvalue weighted by atomic mass is 35.5. The van der Waals surface area contributed by atoms with Gasteiger partial charge in [0.2, 0.25) is 11.2 Å². The maximum atomic E-state index is 10.9. The van der Waals surface area contributed by atoms with Gasteiger partial charge in [0.1, 0.15) is 6.33 Å². The second kappa shape index (κ2) is 6.78. The number of hydrogen-bond acceptors (Lipinski definition) is 5. The number of halogens is 1. The van der Waals surface area contributed by atoms with E-state index in [-0.39, 0.29) is 5.28 Å². The summed E-state index contributed by atoms with van der Waals surface area (Å²) < 4.78 is 0. The molecule has 2 heterocycles. The van der Waals surface area contributed by atoms with Gasteiger partial charge >= 0.3 is 6.09 Å². The molecule has 7 nitrogen and oxygen atoms in total. The fourth-order valence-electron chi connectivity index (χ4n) is 2.71. The minimum absolute atomic E-state index is 0.143. The fraction of sp³-hybridized carbons (Fsp3) is 0.333. The quantitative estimate of drug-likeness (QED) is 0.896. The van der Waals surface area contributed by atoms with Crippen molar-refractivity contribution in [2.45, 2.75) is 18.8 Å². The first-order valence-corrected chi connectivity index (χ1v) is 7.69. The Balaban J connectivity index is 1.62. The summed E-state index contributed by atoms with van der Waals surface area (Å²) in [6, 6.07) is 8.01. The number of anilines is 2. The predicted octanol–water partition coefficient (Wildman–Crippen LogP) is 3.13. The smallest absolute Gasteiger partial charge is 0.407 e. The molecule has 8 heteroatoms. The monoisotopic (exact) mass is 333 g/mol. The Kier molecular flexibility index (Phi) is 4.57. The Hall–Kier alpha value is -2.41. The molecule has 120 valence electrons. The lowest BCUT2D eigenvalue weighted by Gasteiger charge is -2.30. The summed E-state index contributed by atoms with van der Waals surface area (Å²) in [6.45, 7) is 1.17. The second-order valence-electron chi connectivity index (χ2n) is 5.37. The molecule has 0 radical (unpaired) electrons. The topological polar surface area (TPSA) is 91.2 Å². The number of hydrogen-bond donors (Lipinski definition) is 2. The Bertz CT molecular complexity index is 687. The third-order valence-electron chi connectivity index (χ3n) is 3.95. The van der Waals surface area contributed by atoms with E-state index in [9.17, 15) is 4.79 Å². The van der Waals surface area contributed by atoms with Crippen LogP contribution in [0.25, 0.3) is 0 Å². The molecule has 1 saturated heterocycles. The molecule has 0 aliphatic carbocycles. The minimum Gasteiger partial charge on any atom is -0.465 e. The summed E-state index contributed by atoms with van der Waals surface area (Å²) in [7, 11) is 0. The summed E-state index contributed by atoms with van der Waals surface area (Å²) in [4.78, 5) is 24.1. The number of aromatic nitrogens is 3. The molecule has 3 rings (SSSR count). The number of amides is 1. The van der Waals surface area contributed by atoms with Crippen molar-refractivity contribution in [3.05, 3.63) is 41.4 Å². The van der Waals surface area contributed by atoms with E-state index in [4.69, 9.17) is 16.7 Å². The number of rotatable bonds is 3. The van der Waals surface area contributed by atoms with E-state index in [2.05, 4.69) is 20.3 Å². The lowest BCUT2D eigenvalue weighted by Crippen LogP contribution is -2.36. The van der Waals surface area contributed by atoms with Gasteiger partial charge in [0.05, 0.1) is 0 Å². The number of nitrogens with one attached hydrogen (secondary N) is 1. The Morgan fingerprint density at radius 1 is 1.22 bits per heavy atom. The van der Waals surface area contributed by atoms with E-state index in [1.807, 2.05) is 24.3 Å². The van der Waals surface area contributed by atoms with Crippen molar-refractivity contribution in [1.29, 1.82) is 0 Å². The van der Waals surface area contributed by atoms with E-state index in [1.54, 1.807) is 0 Å². The van der Waals surface area contributed by atoms with Crippen LogP contribution in [0.1, 0.15) is 24.3 Å². The second-order valence-corrected chi connectivity index (χ2v) is 5.71. The van der Waals surface area contributed by atoms with Crippen LogP contribution in [0.4, 0.5) is 16.4 Å². The van der Waals surface area contributed by atoms with Gasteiger partial charge in [-0.15, -0.1) is 0 Å². The largest absolute Gasteiger partial charge is 0.465 e. The van der Waals surface area contributed by atoms with Gasteiger partial charge < -0.3 is 15.3 Å². The molecule has 2 N–H and O–H groups in total. The van der Waals surface area contributed by atoms with Gasteiger partial charge in [-0.1, -0.05) is 12.1 Å². The van der Waals surface area contributed by atoms with E-state index >= 15 is 0 Å². The van der Waals surface area contributed by atoms with Gasteiger partial charge in [0.15, 0.2) is 0 Å². The first-order valence-electron chi connectivity index (χ1n) is 7.31. The zero-order valence-electron chi connectivity index (χ0n) is 12.3. The van der Waals surface area contributed by atoms with Crippen LogP contribution < -0.4 is 5.32 Å². The van der Waals surface area contributed by atoms with Crippen LogP contribution in [0.15, 0.2) is 30.6 Å². The highest BCUT2D eigenvalue weighted by molar-refractivity contribution is 6.28. The zero-order chi connectivity index (χ0) is 16.2. The molecule has 0 saturated carbocycles. The minimum atomic E-state index is -0.834. The maximum absolute atomic E-state index is 10.9. The van der Waals surface area contributed by atoms with Gasteiger partial charge in [-0.25, -0.2) is 14.8 Å². The molecule has 0 bridgehead atoms. The molecule has 2 aromatic rings. The molecule has 0 atom stereocenters.